The second kappa shape index (κ2) is 8.37. The molecule has 0 N–H and O–H groups in total. The Balaban J connectivity index is 1.57. The molecule has 0 saturated carbocycles. The number of alkyl halides is 3. The van der Waals surface area contributed by atoms with Gasteiger partial charge in [-0.3, -0.25) is 4.79 Å². The molecule has 8 nitrogen and oxygen atoms in total. The standard InChI is InChI=1S/C19H19ClF3N5O3/c1-30-17-14(19(21,22)23)6-11(7-24-17)27-5-3-15-13(9-27)16(26-10-25-15)31-12-2-4-28(8-12)18(20)29/h6-7,10,12H,2-5,8-9H2,1H3/t12-/m0/s1. The highest BCUT2D eigenvalue weighted by atomic mass is 35.5. The minimum absolute atomic E-state index is 0.266. The zero-order valence-electron chi connectivity index (χ0n) is 16.5. The number of methoxy groups -OCH3 is 1. The van der Waals surface area contributed by atoms with E-state index < -0.39 is 23.0 Å². The highest BCUT2D eigenvalue weighted by Crippen LogP contribution is 2.38. The van der Waals surface area contributed by atoms with Crippen LogP contribution in [0.15, 0.2) is 18.6 Å². The van der Waals surface area contributed by atoms with Gasteiger partial charge in [-0.2, -0.15) is 13.2 Å². The molecule has 1 atom stereocenters. The second-order valence-corrected chi connectivity index (χ2v) is 7.57. The summed E-state index contributed by atoms with van der Waals surface area (Å²) in [6.45, 7) is 1.57. The van der Waals surface area contributed by atoms with E-state index in [9.17, 15) is 18.0 Å². The van der Waals surface area contributed by atoms with Gasteiger partial charge in [0, 0.05) is 25.9 Å². The molecule has 12 heteroatoms. The first kappa shape index (κ1) is 21.4. The van der Waals surface area contributed by atoms with Gasteiger partial charge in [-0.05, 0) is 17.7 Å². The lowest BCUT2D eigenvalue weighted by Gasteiger charge is -2.31. The van der Waals surface area contributed by atoms with Gasteiger partial charge in [0.2, 0.25) is 11.8 Å². The molecule has 2 aromatic rings. The number of hydrogen-bond acceptors (Lipinski definition) is 7. The summed E-state index contributed by atoms with van der Waals surface area (Å²) in [7, 11) is 1.15. The van der Waals surface area contributed by atoms with Crippen LogP contribution in [0.3, 0.4) is 0 Å². The van der Waals surface area contributed by atoms with E-state index >= 15 is 0 Å². The Labute approximate surface area is 180 Å². The molecule has 2 aromatic heterocycles. The third-order valence-electron chi connectivity index (χ3n) is 5.34. The van der Waals surface area contributed by atoms with Crippen molar-refractivity contribution in [2.24, 2.45) is 0 Å². The summed E-state index contributed by atoms with van der Waals surface area (Å²) >= 11 is 5.53. The number of carbonyl (C=O) groups excluding carboxylic acids is 1. The van der Waals surface area contributed by atoms with Crippen molar-refractivity contribution in [2.45, 2.75) is 31.7 Å². The van der Waals surface area contributed by atoms with E-state index in [2.05, 4.69) is 15.0 Å². The number of ether oxygens (including phenoxy) is 2. The molecule has 1 amide bonds. The van der Waals surface area contributed by atoms with Crippen LogP contribution >= 0.6 is 11.6 Å². The zero-order chi connectivity index (χ0) is 22.2. The van der Waals surface area contributed by atoms with Crippen molar-refractivity contribution in [1.29, 1.82) is 0 Å². The van der Waals surface area contributed by atoms with E-state index in [-0.39, 0.29) is 12.6 Å². The van der Waals surface area contributed by atoms with E-state index in [0.29, 0.717) is 49.6 Å². The van der Waals surface area contributed by atoms with Gasteiger partial charge in [-0.25, -0.2) is 15.0 Å². The number of pyridine rings is 1. The van der Waals surface area contributed by atoms with Crippen LogP contribution in [-0.4, -0.2) is 58.1 Å². The fourth-order valence-electron chi connectivity index (χ4n) is 3.76. The quantitative estimate of drug-likeness (QED) is 0.515. The van der Waals surface area contributed by atoms with E-state index in [1.807, 2.05) is 0 Å². The molecule has 31 heavy (non-hydrogen) atoms. The lowest BCUT2D eigenvalue weighted by molar-refractivity contribution is -0.139. The maximum absolute atomic E-state index is 13.4. The Bertz CT molecular complexity index is 991. The van der Waals surface area contributed by atoms with E-state index in [1.165, 1.54) is 17.4 Å². The van der Waals surface area contributed by atoms with Crippen LogP contribution in [0.4, 0.5) is 23.7 Å². The van der Waals surface area contributed by atoms with Crippen molar-refractivity contribution in [3.05, 3.63) is 35.4 Å². The first-order valence-electron chi connectivity index (χ1n) is 9.56. The van der Waals surface area contributed by atoms with Crippen LogP contribution in [-0.2, 0) is 19.1 Å². The molecular weight excluding hydrogens is 439 g/mol. The van der Waals surface area contributed by atoms with Gasteiger partial charge in [0.25, 0.3) is 0 Å². The van der Waals surface area contributed by atoms with Gasteiger partial charge in [0.05, 0.1) is 43.3 Å². The molecule has 0 spiro atoms. The third-order valence-corrected chi connectivity index (χ3v) is 5.57. The molecule has 1 fully saturated rings. The fraction of sp³-hybridized carbons (Fsp3) is 0.474. The van der Waals surface area contributed by atoms with Crippen LogP contribution in [0.25, 0.3) is 0 Å². The van der Waals surface area contributed by atoms with Crippen molar-refractivity contribution < 1.29 is 27.4 Å². The maximum Gasteiger partial charge on any atom is 0.421 e. The van der Waals surface area contributed by atoms with Crippen molar-refractivity contribution in [3.8, 4) is 11.8 Å². The highest BCUT2D eigenvalue weighted by molar-refractivity contribution is 6.62. The Morgan fingerprint density at radius 2 is 2.03 bits per heavy atom. The summed E-state index contributed by atoms with van der Waals surface area (Å²) in [5, 5.41) is -0.533. The van der Waals surface area contributed by atoms with Crippen LogP contribution < -0.4 is 14.4 Å². The van der Waals surface area contributed by atoms with E-state index in [4.69, 9.17) is 21.1 Å². The molecule has 166 valence electrons. The predicted molar refractivity (Wildman–Crippen MR) is 104 cm³/mol. The number of fused-ring (bicyclic) bond motifs is 1. The van der Waals surface area contributed by atoms with Crippen LogP contribution in [0, 0.1) is 0 Å². The molecule has 2 aliphatic rings. The van der Waals surface area contributed by atoms with Gasteiger partial charge in [-0.15, -0.1) is 0 Å². The van der Waals surface area contributed by atoms with Crippen LogP contribution in [0.1, 0.15) is 23.2 Å². The van der Waals surface area contributed by atoms with Gasteiger partial charge >= 0.3 is 11.5 Å². The molecule has 4 heterocycles. The smallest absolute Gasteiger partial charge is 0.421 e. The fourth-order valence-corrected chi connectivity index (χ4v) is 3.91. The Kier molecular flexibility index (Phi) is 5.78. The third kappa shape index (κ3) is 4.46. The van der Waals surface area contributed by atoms with Crippen LogP contribution in [0.5, 0.6) is 11.8 Å². The zero-order valence-corrected chi connectivity index (χ0v) is 17.3. The SMILES string of the molecule is COc1ncc(N2CCc3ncnc(O[C@H]4CCN(C(=O)Cl)C4)c3C2)cc1C(F)(F)F. The van der Waals surface area contributed by atoms with Gasteiger partial charge in [0.1, 0.15) is 18.0 Å². The minimum Gasteiger partial charge on any atom is -0.481 e. The molecule has 0 aliphatic carbocycles. The average Bonchev–Trinajstić information content (AvgIpc) is 3.21. The molecular formula is C19H19ClF3N5O3. The topological polar surface area (TPSA) is 80.7 Å². The first-order chi connectivity index (χ1) is 14.8. The Hall–Kier alpha value is -2.82. The first-order valence-corrected chi connectivity index (χ1v) is 9.94. The summed E-state index contributed by atoms with van der Waals surface area (Å²) < 4.78 is 50.9. The lowest BCUT2D eigenvalue weighted by atomic mass is 10.1. The summed E-state index contributed by atoms with van der Waals surface area (Å²) in [6, 6.07) is 1.03. The predicted octanol–water partition coefficient (Wildman–Crippen LogP) is 3.27. The summed E-state index contributed by atoms with van der Waals surface area (Å²) in [6.07, 6.45) is -0.981. The molecule has 4 rings (SSSR count). The number of amides is 1. The summed E-state index contributed by atoms with van der Waals surface area (Å²) in [4.78, 5) is 26.9. The Morgan fingerprint density at radius 1 is 1.23 bits per heavy atom. The molecule has 0 aromatic carbocycles. The molecule has 0 radical (unpaired) electrons. The second-order valence-electron chi connectivity index (χ2n) is 7.25. The Morgan fingerprint density at radius 3 is 2.71 bits per heavy atom. The number of halogens is 4. The molecule has 0 bridgehead atoms. The molecule has 0 unspecified atom stereocenters. The summed E-state index contributed by atoms with van der Waals surface area (Å²) in [5.74, 6) is -0.110. The van der Waals surface area contributed by atoms with Gasteiger partial charge in [-0.1, -0.05) is 0 Å². The van der Waals surface area contributed by atoms with Gasteiger partial charge < -0.3 is 19.3 Å². The van der Waals surface area contributed by atoms with Crippen molar-refractivity contribution in [2.75, 3.05) is 31.6 Å². The normalized spacial score (nSPS) is 18.7. The average molecular weight is 458 g/mol. The lowest BCUT2D eigenvalue weighted by Crippen LogP contribution is -2.33. The van der Waals surface area contributed by atoms with Crippen molar-refractivity contribution in [3.63, 3.8) is 0 Å². The van der Waals surface area contributed by atoms with Crippen molar-refractivity contribution in [1.82, 2.24) is 19.9 Å². The van der Waals surface area contributed by atoms with E-state index in [0.717, 1.165) is 18.9 Å². The number of hydrogen-bond donors (Lipinski definition) is 0. The van der Waals surface area contributed by atoms with E-state index in [1.54, 1.807) is 4.90 Å². The molecule has 2 aliphatic heterocycles. The number of likely N-dealkylation sites (tertiary alicyclic amines) is 1. The number of rotatable bonds is 4. The molecule has 1 saturated heterocycles. The minimum atomic E-state index is -4.59. The largest absolute Gasteiger partial charge is 0.481 e. The highest BCUT2D eigenvalue weighted by Gasteiger charge is 2.36. The van der Waals surface area contributed by atoms with Crippen LogP contribution in [0.2, 0.25) is 0 Å². The maximum atomic E-state index is 13.4. The monoisotopic (exact) mass is 457 g/mol. The summed E-state index contributed by atoms with van der Waals surface area (Å²) in [5.41, 5.74) is 0.861. The number of carbonyl (C=O) groups is 1. The number of nitrogens with zero attached hydrogens (tertiary/aromatic N) is 5. The van der Waals surface area contributed by atoms with Gasteiger partial charge in [0.15, 0.2) is 0 Å². The number of aromatic nitrogens is 3. The van der Waals surface area contributed by atoms with Crippen molar-refractivity contribution >= 4 is 22.7 Å². The number of anilines is 1.